The lowest BCUT2D eigenvalue weighted by atomic mass is 9.89. The number of rotatable bonds is 10. The molecule has 3 heterocycles. The summed E-state index contributed by atoms with van der Waals surface area (Å²) in [5, 5.41) is 17.1. The van der Waals surface area contributed by atoms with Crippen LogP contribution in [-0.4, -0.2) is 92.7 Å². The molecule has 0 bridgehead atoms. The molecule has 41 heavy (non-hydrogen) atoms. The van der Waals surface area contributed by atoms with E-state index in [9.17, 15) is 19.5 Å². The van der Waals surface area contributed by atoms with Crippen molar-refractivity contribution in [3.8, 4) is 5.75 Å². The molecule has 1 saturated carbocycles. The molecule has 0 aromatic heterocycles. The van der Waals surface area contributed by atoms with E-state index >= 15 is 0 Å². The minimum absolute atomic E-state index is 0.0104. The Hall–Kier alpha value is -2.73. The fraction of sp³-hybridized carbons (Fsp3) is 0.700. The van der Waals surface area contributed by atoms with Crippen molar-refractivity contribution in [1.29, 1.82) is 0 Å². The molecule has 1 aromatic carbocycles. The second-order valence-electron chi connectivity index (χ2n) is 12.4. The minimum Gasteiger partial charge on any atom is -0.476 e. The average molecular weight is 573 g/mol. The van der Waals surface area contributed by atoms with Gasteiger partial charge in [-0.15, -0.1) is 0 Å². The molecule has 0 radical (unpaired) electrons. The molecule has 11 nitrogen and oxygen atoms in total. The van der Waals surface area contributed by atoms with Gasteiger partial charge in [0.2, 0.25) is 11.8 Å². The third kappa shape index (κ3) is 6.85. The Morgan fingerprint density at radius 3 is 2.68 bits per heavy atom. The summed E-state index contributed by atoms with van der Waals surface area (Å²) in [5.74, 6) is -0.0118. The topological polar surface area (TPSA) is 130 Å². The lowest BCUT2D eigenvalue weighted by Gasteiger charge is -2.40. The predicted molar refractivity (Wildman–Crippen MR) is 153 cm³/mol. The summed E-state index contributed by atoms with van der Waals surface area (Å²) in [7, 11) is 1.64. The zero-order valence-electron chi connectivity index (χ0n) is 24.4. The molecule has 2 atom stereocenters. The molecule has 5 rings (SSSR count). The Morgan fingerprint density at radius 2 is 1.98 bits per heavy atom. The van der Waals surface area contributed by atoms with E-state index < -0.39 is 11.2 Å². The van der Waals surface area contributed by atoms with Gasteiger partial charge in [-0.05, 0) is 57.7 Å². The van der Waals surface area contributed by atoms with Crippen LogP contribution in [0.15, 0.2) is 18.2 Å². The summed E-state index contributed by atoms with van der Waals surface area (Å²) in [4.78, 5) is 43.7. The molecule has 3 N–H and O–H groups in total. The Balaban J connectivity index is 1.30. The van der Waals surface area contributed by atoms with Gasteiger partial charge >= 0.3 is 0 Å². The highest BCUT2D eigenvalue weighted by molar-refractivity contribution is 6.04. The number of ether oxygens (including phenoxy) is 3. The third-order valence-corrected chi connectivity index (χ3v) is 8.49. The fourth-order valence-corrected chi connectivity index (χ4v) is 6.09. The van der Waals surface area contributed by atoms with Crippen molar-refractivity contribution in [1.82, 2.24) is 10.6 Å². The van der Waals surface area contributed by atoms with Crippen LogP contribution in [0, 0.1) is 5.92 Å². The van der Waals surface area contributed by atoms with Crippen LogP contribution in [0.1, 0.15) is 58.8 Å². The van der Waals surface area contributed by atoms with Gasteiger partial charge in [0.25, 0.3) is 5.91 Å². The summed E-state index contributed by atoms with van der Waals surface area (Å²) in [6.45, 7) is 6.57. The number of hydrogen-bond acceptors (Lipinski definition) is 8. The largest absolute Gasteiger partial charge is 0.476 e. The highest BCUT2D eigenvalue weighted by Gasteiger charge is 2.43. The van der Waals surface area contributed by atoms with Gasteiger partial charge in [0.15, 0.2) is 5.60 Å². The highest BCUT2D eigenvalue weighted by Crippen LogP contribution is 2.43. The quantitative estimate of drug-likeness (QED) is 0.362. The third-order valence-electron chi connectivity index (χ3n) is 8.49. The van der Waals surface area contributed by atoms with E-state index in [1.807, 2.05) is 23.1 Å². The van der Waals surface area contributed by atoms with Crippen LogP contribution in [0.25, 0.3) is 0 Å². The number of benzene rings is 1. The van der Waals surface area contributed by atoms with E-state index in [1.165, 1.54) is 0 Å². The lowest BCUT2D eigenvalue weighted by Crippen LogP contribution is -2.54. The maximum atomic E-state index is 14.0. The summed E-state index contributed by atoms with van der Waals surface area (Å²) in [5.41, 5.74) is -0.607. The second kappa shape index (κ2) is 12.2. The molecule has 226 valence electrons. The number of carbonyl (C=O) groups excluding carboxylic acids is 3. The number of methoxy groups -OCH3 is 1. The zero-order chi connectivity index (χ0) is 29.2. The molecule has 0 unspecified atom stereocenters. The Kier molecular flexibility index (Phi) is 8.89. The molecule has 3 aliphatic heterocycles. The monoisotopic (exact) mass is 572 g/mol. The van der Waals surface area contributed by atoms with E-state index in [0.29, 0.717) is 76.6 Å². The molecule has 2 saturated heterocycles. The summed E-state index contributed by atoms with van der Waals surface area (Å²) in [6.07, 6.45) is 3.97. The number of piperidine rings is 1. The van der Waals surface area contributed by atoms with E-state index in [1.54, 1.807) is 25.9 Å². The molecule has 4 aliphatic rings. The predicted octanol–water partition coefficient (Wildman–Crippen LogP) is 1.75. The fourth-order valence-electron chi connectivity index (χ4n) is 6.09. The summed E-state index contributed by atoms with van der Waals surface area (Å²) < 4.78 is 16.6. The number of anilines is 2. The normalized spacial score (nSPS) is 25.2. The van der Waals surface area contributed by atoms with Crippen LogP contribution < -0.4 is 25.2 Å². The second-order valence-corrected chi connectivity index (χ2v) is 12.4. The molecule has 0 spiro atoms. The van der Waals surface area contributed by atoms with Gasteiger partial charge < -0.3 is 39.8 Å². The minimum atomic E-state index is -1.04. The van der Waals surface area contributed by atoms with Gasteiger partial charge in [-0.1, -0.05) is 0 Å². The van der Waals surface area contributed by atoms with Gasteiger partial charge in [0, 0.05) is 77.2 Å². The first-order valence-corrected chi connectivity index (χ1v) is 14.9. The van der Waals surface area contributed by atoms with Gasteiger partial charge in [-0.2, -0.15) is 0 Å². The van der Waals surface area contributed by atoms with Crippen molar-refractivity contribution in [3.63, 3.8) is 0 Å². The van der Waals surface area contributed by atoms with E-state index in [-0.39, 0.29) is 42.1 Å². The number of aliphatic hydroxyl groups is 1. The van der Waals surface area contributed by atoms with Crippen molar-refractivity contribution in [3.05, 3.63) is 18.2 Å². The van der Waals surface area contributed by atoms with Crippen molar-refractivity contribution < 1.29 is 33.7 Å². The van der Waals surface area contributed by atoms with Crippen LogP contribution >= 0.6 is 0 Å². The Morgan fingerprint density at radius 1 is 1.22 bits per heavy atom. The van der Waals surface area contributed by atoms with Crippen molar-refractivity contribution >= 4 is 29.1 Å². The smallest absolute Gasteiger partial charge is 0.270 e. The van der Waals surface area contributed by atoms with E-state index in [0.717, 1.165) is 18.5 Å². The van der Waals surface area contributed by atoms with Gasteiger partial charge in [0.05, 0.1) is 23.6 Å². The van der Waals surface area contributed by atoms with Crippen molar-refractivity contribution in [2.24, 2.45) is 5.92 Å². The van der Waals surface area contributed by atoms with Crippen LogP contribution in [0.4, 0.5) is 11.4 Å². The zero-order valence-corrected chi connectivity index (χ0v) is 24.4. The van der Waals surface area contributed by atoms with Gasteiger partial charge in [-0.25, -0.2) is 0 Å². The van der Waals surface area contributed by atoms with E-state index in [2.05, 4.69) is 10.6 Å². The standard InChI is InChI=1S/C30H44N4O7/c1-29(2)28(37)33(11-4-12-39-3)24-16-23(7-8-25(24)41-29)34(22-5-6-22)27(36)20-15-21(19-31-18-20)32-26(35)17-30(38)9-13-40-14-10-30/h7-8,16,20-22,31,38H,4-6,9-15,17-19H2,1-3H3,(H,32,35)/t20-,21+/m1/s1. The Bertz CT molecular complexity index is 1130. The van der Waals surface area contributed by atoms with Crippen molar-refractivity contribution in [2.45, 2.75) is 82.1 Å². The first-order chi connectivity index (χ1) is 19.6. The Labute approximate surface area is 241 Å². The molecule has 3 fully saturated rings. The van der Waals surface area contributed by atoms with Gasteiger partial charge in [0.1, 0.15) is 5.75 Å². The number of fused-ring (bicyclic) bond motifs is 1. The first kappa shape index (κ1) is 29.8. The molecular formula is C30H44N4O7. The van der Waals surface area contributed by atoms with Crippen LogP contribution in [0.2, 0.25) is 0 Å². The first-order valence-electron chi connectivity index (χ1n) is 14.9. The number of carbonyl (C=O) groups is 3. The summed E-state index contributed by atoms with van der Waals surface area (Å²) >= 11 is 0. The highest BCUT2D eigenvalue weighted by atomic mass is 16.5. The lowest BCUT2D eigenvalue weighted by molar-refractivity contribution is -0.133. The average Bonchev–Trinajstić information content (AvgIpc) is 3.76. The van der Waals surface area contributed by atoms with E-state index in [4.69, 9.17) is 14.2 Å². The molecule has 1 aliphatic carbocycles. The maximum Gasteiger partial charge on any atom is 0.270 e. The number of hydrogen-bond donors (Lipinski definition) is 3. The SMILES string of the molecule is COCCCN1C(=O)C(C)(C)Oc2ccc(N(C(=O)[C@H]3CNC[C@@H](NC(=O)CC4(O)CCOCC4)C3)C3CC3)cc21. The summed E-state index contributed by atoms with van der Waals surface area (Å²) in [6, 6.07) is 5.56. The number of nitrogens with zero attached hydrogens (tertiary/aromatic N) is 2. The maximum absolute atomic E-state index is 14.0. The van der Waals surface area contributed by atoms with Crippen LogP contribution in [0.3, 0.4) is 0 Å². The molecule has 1 aromatic rings. The van der Waals surface area contributed by atoms with Crippen LogP contribution in [0.5, 0.6) is 5.75 Å². The molecule has 3 amide bonds. The number of nitrogens with one attached hydrogen (secondary N) is 2. The molecular weight excluding hydrogens is 528 g/mol. The van der Waals surface area contributed by atoms with Crippen LogP contribution in [-0.2, 0) is 23.9 Å². The molecule has 11 heteroatoms. The number of amides is 3. The van der Waals surface area contributed by atoms with Crippen molar-refractivity contribution in [2.75, 3.05) is 56.4 Å². The van der Waals surface area contributed by atoms with Gasteiger partial charge in [-0.3, -0.25) is 14.4 Å².